The summed E-state index contributed by atoms with van der Waals surface area (Å²) in [6, 6.07) is -0.158. The molecule has 0 bridgehead atoms. The molecule has 1 saturated carbocycles. The number of aliphatic imine (C=N–C) groups is 1. The van der Waals surface area contributed by atoms with Gasteiger partial charge in [0.25, 0.3) is 0 Å². The summed E-state index contributed by atoms with van der Waals surface area (Å²) in [5.41, 5.74) is 5.40. The van der Waals surface area contributed by atoms with Gasteiger partial charge in [-0.2, -0.15) is 4.99 Å². The van der Waals surface area contributed by atoms with Gasteiger partial charge in [-0.3, -0.25) is 0 Å². The molecule has 1 heterocycles. The van der Waals surface area contributed by atoms with Gasteiger partial charge in [-0.15, -0.1) is 0 Å². The summed E-state index contributed by atoms with van der Waals surface area (Å²) < 4.78 is 0. The Morgan fingerprint density at radius 2 is 2.36 bits per heavy atom. The lowest BCUT2D eigenvalue weighted by Crippen LogP contribution is -2.30. The van der Waals surface area contributed by atoms with Gasteiger partial charge in [0.2, 0.25) is 0 Å². The third-order valence-electron chi connectivity index (χ3n) is 2.04. The first-order valence-electron chi connectivity index (χ1n) is 3.87. The normalized spacial score (nSPS) is 24.2. The molecule has 1 aliphatic heterocycles. The molecule has 0 radical (unpaired) electrons. The molecule has 0 aromatic heterocycles. The summed E-state index contributed by atoms with van der Waals surface area (Å²) in [5, 5.41) is 0. The number of hydrogen-bond donors (Lipinski definition) is 1. The van der Waals surface area contributed by atoms with Crippen LogP contribution in [0.2, 0.25) is 0 Å². The number of rotatable bonds is 2. The smallest absolute Gasteiger partial charge is 0.345 e. The van der Waals surface area contributed by atoms with Crippen molar-refractivity contribution in [2.24, 2.45) is 16.6 Å². The van der Waals surface area contributed by atoms with E-state index in [1.165, 1.54) is 12.8 Å². The summed E-state index contributed by atoms with van der Waals surface area (Å²) >= 11 is 0. The van der Waals surface area contributed by atoms with Crippen LogP contribution >= 0.6 is 0 Å². The lowest BCUT2D eigenvalue weighted by atomic mass is 10.4. The van der Waals surface area contributed by atoms with Crippen LogP contribution in [0, 0.1) is 5.92 Å². The maximum atomic E-state index is 11.0. The van der Waals surface area contributed by atoms with Crippen molar-refractivity contribution in [3.63, 3.8) is 0 Å². The summed E-state index contributed by atoms with van der Waals surface area (Å²) in [4.78, 5) is 16.4. The number of carbonyl (C=O) groups excluding carboxylic acids is 1. The fourth-order valence-corrected chi connectivity index (χ4v) is 1.25. The highest BCUT2D eigenvalue weighted by molar-refractivity contribution is 6.00. The highest BCUT2D eigenvalue weighted by Gasteiger charge is 2.29. The molecule has 60 valence electrons. The molecular weight excluding hydrogens is 142 g/mol. The van der Waals surface area contributed by atoms with Crippen molar-refractivity contribution in [3.05, 3.63) is 0 Å². The molecule has 0 spiro atoms. The average Bonchev–Trinajstić information content (AvgIpc) is 2.64. The number of nitrogens with zero attached hydrogens (tertiary/aromatic N) is 2. The Kier molecular flexibility index (Phi) is 1.34. The first-order valence-corrected chi connectivity index (χ1v) is 3.87. The maximum Gasteiger partial charge on any atom is 0.345 e. The first kappa shape index (κ1) is 6.64. The van der Waals surface area contributed by atoms with E-state index in [2.05, 4.69) is 4.99 Å². The van der Waals surface area contributed by atoms with Gasteiger partial charge < -0.3 is 10.6 Å². The zero-order chi connectivity index (χ0) is 7.84. The molecule has 4 nitrogen and oxygen atoms in total. The van der Waals surface area contributed by atoms with Gasteiger partial charge in [-0.05, 0) is 18.8 Å². The van der Waals surface area contributed by atoms with Crippen molar-refractivity contribution in [1.29, 1.82) is 0 Å². The second kappa shape index (κ2) is 2.22. The van der Waals surface area contributed by atoms with Crippen LogP contribution in [0.3, 0.4) is 0 Å². The molecule has 11 heavy (non-hydrogen) atoms. The Morgan fingerprint density at radius 1 is 1.64 bits per heavy atom. The van der Waals surface area contributed by atoms with Gasteiger partial charge in [0.05, 0.1) is 6.54 Å². The number of amides is 2. The number of nitrogens with two attached hydrogens (primary N) is 1. The fourth-order valence-electron chi connectivity index (χ4n) is 1.25. The summed E-state index contributed by atoms with van der Waals surface area (Å²) in [7, 11) is 0. The van der Waals surface area contributed by atoms with Gasteiger partial charge in [0.15, 0.2) is 0 Å². The van der Waals surface area contributed by atoms with E-state index in [1.807, 2.05) is 0 Å². The van der Waals surface area contributed by atoms with Crippen molar-refractivity contribution < 1.29 is 4.79 Å². The van der Waals surface area contributed by atoms with Gasteiger partial charge in [-0.1, -0.05) is 0 Å². The van der Waals surface area contributed by atoms with Crippen LogP contribution in [0.5, 0.6) is 0 Å². The molecule has 1 aliphatic carbocycles. The van der Waals surface area contributed by atoms with Crippen LogP contribution in [-0.2, 0) is 0 Å². The quantitative estimate of drug-likeness (QED) is 0.615. The molecule has 0 aromatic carbocycles. The van der Waals surface area contributed by atoms with Crippen molar-refractivity contribution in [2.75, 3.05) is 13.1 Å². The van der Waals surface area contributed by atoms with E-state index in [1.54, 1.807) is 4.90 Å². The Labute approximate surface area is 65.1 Å². The molecule has 2 aliphatic rings. The van der Waals surface area contributed by atoms with E-state index in [9.17, 15) is 4.79 Å². The molecule has 4 heteroatoms. The molecule has 2 N–H and O–H groups in total. The van der Waals surface area contributed by atoms with E-state index in [0.29, 0.717) is 12.4 Å². The molecule has 1 fully saturated rings. The van der Waals surface area contributed by atoms with Gasteiger partial charge in [-0.25, -0.2) is 4.79 Å². The van der Waals surface area contributed by atoms with Crippen LogP contribution < -0.4 is 5.73 Å². The molecule has 0 unspecified atom stereocenters. The van der Waals surface area contributed by atoms with Crippen LogP contribution in [-0.4, -0.2) is 29.9 Å². The van der Waals surface area contributed by atoms with Crippen molar-refractivity contribution in [2.45, 2.75) is 12.8 Å². The Balaban J connectivity index is 1.91. The van der Waals surface area contributed by atoms with Crippen LogP contribution in [0.1, 0.15) is 12.8 Å². The standard InChI is InChI=1S/C7H11N3O/c8-6-4-10(7(11)9-6)3-5-1-2-5/h5H,1-4H2,(H2,8,9,11). The minimum Gasteiger partial charge on any atom is -0.385 e. The number of amidine groups is 1. The van der Waals surface area contributed by atoms with Gasteiger partial charge in [0, 0.05) is 6.54 Å². The third kappa shape index (κ3) is 1.34. The molecular formula is C7H11N3O. The zero-order valence-electron chi connectivity index (χ0n) is 6.29. The molecule has 2 rings (SSSR count). The second-order valence-electron chi connectivity index (χ2n) is 3.21. The third-order valence-corrected chi connectivity index (χ3v) is 2.04. The summed E-state index contributed by atoms with van der Waals surface area (Å²) in [6.45, 7) is 1.39. The monoisotopic (exact) mass is 153 g/mol. The lowest BCUT2D eigenvalue weighted by Gasteiger charge is -2.12. The number of hydrogen-bond acceptors (Lipinski definition) is 2. The topological polar surface area (TPSA) is 58.7 Å². The maximum absolute atomic E-state index is 11.0. The fraction of sp³-hybridized carbons (Fsp3) is 0.714. The van der Waals surface area contributed by atoms with E-state index in [4.69, 9.17) is 5.73 Å². The minimum absolute atomic E-state index is 0.158. The van der Waals surface area contributed by atoms with Crippen LogP contribution in [0.4, 0.5) is 4.79 Å². The predicted octanol–water partition coefficient (Wildman–Crippen LogP) is 0.189. The van der Waals surface area contributed by atoms with Crippen LogP contribution in [0.15, 0.2) is 4.99 Å². The minimum atomic E-state index is -0.158. The van der Waals surface area contributed by atoms with Crippen molar-refractivity contribution >= 4 is 11.9 Å². The highest BCUT2D eigenvalue weighted by Crippen LogP contribution is 2.30. The summed E-state index contributed by atoms with van der Waals surface area (Å²) in [5.74, 6) is 1.18. The molecule has 0 atom stereocenters. The first-order chi connectivity index (χ1) is 5.25. The number of carbonyl (C=O) groups is 1. The van der Waals surface area contributed by atoms with Crippen molar-refractivity contribution in [1.82, 2.24) is 4.90 Å². The average molecular weight is 153 g/mol. The van der Waals surface area contributed by atoms with Crippen LogP contribution in [0.25, 0.3) is 0 Å². The Morgan fingerprint density at radius 3 is 2.82 bits per heavy atom. The lowest BCUT2D eigenvalue weighted by molar-refractivity contribution is 0.217. The molecule has 2 amide bonds. The predicted molar refractivity (Wildman–Crippen MR) is 41.3 cm³/mol. The van der Waals surface area contributed by atoms with E-state index < -0.39 is 0 Å². The molecule has 0 saturated heterocycles. The highest BCUT2D eigenvalue weighted by atomic mass is 16.2. The van der Waals surface area contributed by atoms with E-state index in [0.717, 1.165) is 12.5 Å². The van der Waals surface area contributed by atoms with E-state index in [-0.39, 0.29) is 6.03 Å². The number of urea groups is 1. The zero-order valence-corrected chi connectivity index (χ0v) is 6.29. The van der Waals surface area contributed by atoms with Gasteiger partial charge >= 0.3 is 6.03 Å². The Bertz CT molecular complexity index is 220. The van der Waals surface area contributed by atoms with E-state index >= 15 is 0 Å². The summed E-state index contributed by atoms with van der Waals surface area (Å²) in [6.07, 6.45) is 2.51. The van der Waals surface area contributed by atoms with Crippen molar-refractivity contribution in [3.8, 4) is 0 Å². The largest absolute Gasteiger partial charge is 0.385 e. The molecule has 0 aromatic rings. The Hall–Kier alpha value is -1.06. The SMILES string of the molecule is NC1=NC(=O)N(CC2CC2)C1. The van der Waals surface area contributed by atoms with Gasteiger partial charge in [0.1, 0.15) is 5.84 Å². The second-order valence-corrected chi connectivity index (χ2v) is 3.21.